The van der Waals surface area contributed by atoms with Gasteiger partial charge in [-0.05, 0) is 18.2 Å². The zero-order valence-electron chi connectivity index (χ0n) is 11.2. The first-order valence-corrected chi connectivity index (χ1v) is 6.21. The summed E-state index contributed by atoms with van der Waals surface area (Å²) < 4.78 is 20.4. The number of halogens is 1. The molecule has 0 aliphatic heterocycles. The Morgan fingerprint density at radius 2 is 2.14 bits per heavy atom. The molecule has 0 aliphatic rings. The monoisotopic (exact) mass is 285 g/mol. The number of carbonyl (C=O) groups excluding carboxylic acids is 1. The molecule has 0 radical (unpaired) electrons. The molecule has 1 aromatic carbocycles. The van der Waals surface area contributed by atoms with E-state index in [1.165, 1.54) is 25.4 Å². The smallest absolute Gasteiger partial charge is 0.249 e. The van der Waals surface area contributed by atoms with Crippen molar-refractivity contribution in [1.82, 2.24) is 9.55 Å². The maximum Gasteiger partial charge on any atom is 0.249 e. The molecule has 2 heterocycles. The maximum absolute atomic E-state index is 13.6. The predicted octanol–water partition coefficient (Wildman–Crippen LogP) is 2.27. The summed E-state index contributed by atoms with van der Waals surface area (Å²) in [7, 11) is 1.47. The van der Waals surface area contributed by atoms with Gasteiger partial charge in [0.25, 0.3) is 0 Å². The van der Waals surface area contributed by atoms with Crippen molar-refractivity contribution in [2.24, 2.45) is 5.73 Å². The molecule has 106 valence electrons. The molecule has 0 bridgehead atoms. The van der Waals surface area contributed by atoms with Crippen LogP contribution in [0.4, 0.5) is 4.39 Å². The van der Waals surface area contributed by atoms with Crippen LogP contribution in [0.5, 0.6) is 5.75 Å². The molecule has 1 amide bonds. The molecule has 0 saturated heterocycles. The molecule has 0 aliphatic carbocycles. The molecule has 0 spiro atoms. The van der Waals surface area contributed by atoms with Gasteiger partial charge in [-0.25, -0.2) is 9.37 Å². The van der Waals surface area contributed by atoms with Crippen molar-refractivity contribution in [2.75, 3.05) is 7.11 Å². The van der Waals surface area contributed by atoms with Crippen molar-refractivity contribution in [3.63, 3.8) is 0 Å². The molecule has 3 rings (SSSR count). The summed E-state index contributed by atoms with van der Waals surface area (Å²) in [6.45, 7) is 0. The van der Waals surface area contributed by atoms with Gasteiger partial charge >= 0.3 is 0 Å². The molecule has 0 saturated carbocycles. The number of hydrogen-bond acceptors (Lipinski definition) is 3. The quantitative estimate of drug-likeness (QED) is 0.802. The molecule has 2 aromatic heterocycles. The number of fused-ring (bicyclic) bond motifs is 1. The van der Waals surface area contributed by atoms with Gasteiger partial charge < -0.3 is 15.0 Å². The number of ether oxygens (including phenoxy) is 1. The van der Waals surface area contributed by atoms with Crippen molar-refractivity contribution in [3.05, 3.63) is 54.1 Å². The fourth-order valence-electron chi connectivity index (χ4n) is 2.27. The lowest BCUT2D eigenvalue weighted by Crippen LogP contribution is -2.11. The summed E-state index contributed by atoms with van der Waals surface area (Å²) in [6, 6.07) is 7.61. The van der Waals surface area contributed by atoms with Crippen molar-refractivity contribution in [1.29, 1.82) is 0 Å². The number of pyridine rings is 1. The second-order valence-electron chi connectivity index (χ2n) is 4.50. The number of primary amides is 1. The minimum Gasteiger partial charge on any atom is -0.497 e. The van der Waals surface area contributed by atoms with Crippen LogP contribution < -0.4 is 10.5 Å². The third kappa shape index (κ3) is 2.20. The molecule has 21 heavy (non-hydrogen) atoms. The molecule has 5 nitrogen and oxygen atoms in total. The lowest BCUT2D eigenvalue weighted by Gasteiger charge is -2.08. The Morgan fingerprint density at radius 1 is 1.33 bits per heavy atom. The third-order valence-electron chi connectivity index (χ3n) is 3.22. The van der Waals surface area contributed by atoms with E-state index in [1.54, 1.807) is 29.0 Å². The Morgan fingerprint density at radius 3 is 2.86 bits per heavy atom. The van der Waals surface area contributed by atoms with Crippen molar-refractivity contribution in [2.45, 2.75) is 0 Å². The summed E-state index contributed by atoms with van der Waals surface area (Å²) in [5.41, 5.74) is 6.80. The lowest BCUT2D eigenvalue weighted by atomic mass is 10.2. The van der Waals surface area contributed by atoms with E-state index in [0.29, 0.717) is 28.0 Å². The SMILES string of the molecule is COc1cc(F)cc(-n2ccc3c(C(N)=O)ccnc32)c1. The van der Waals surface area contributed by atoms with Crippen LogP contribution in [0, 0.1) is 5.82 Å². The van der Waals surface area contributed by atoms with Crippen LogP contribution in [0.1, 0.15) is 10.4 Å². The van der Waals surface area contributed by atoms with Gasteiger partial charge in [-0.2, -0.15) is 0 Å². The summed E-state index contributed by atoms with van der Waals surface area (Å²) in [4.78, 5) is 15.7. The predicted molar refractivity (Wildman–Crippen MR) is 76.1 cm³/mol. The average molecular weight is 285 g/mol. The molecule has 3 aromatic rings. The van der Waals surface area contributed by atoms with E-state index in [2.05, 4.69) is 4.98 Å². The third-order valence-corrected chi connectivity index (χ3v) is 3.22. The van der Waals surface area contributed by atoms with Crippen LogP contribution in [0.2, 0.25) is 0 Å². The molecule has 2 N–H and O–H groups in total. The number of methoxy groups -OCH3 is 1. The van der Waals surface area contributed by atoms with Gasteiger partial charge in [0.05, 0.1) is 18.4 Å². The van der Waals surface area contributed by atoms with Crippen LogP contribution in [0.15, 0.2) is 42.7 Å². The number of carbonyl (C=O) groups is 1. The van der Waals surface area contributed by atoms with Crippen LogP contribution in [0.25, 0.3) is 16.7 Å². The van der Waals surface area contributed by atoms with Crippen LogP contribution in [-0.4, -0.2) is 22.6 Å². The minimum absolute atomic E-state index is 0.377. The normalized spacial score (nSPS) is 10.8. The van der Waals surface area contributed by atoms with Gasteiger partial charge in [-0.1, -0.05) is 0 Å². The van der Waals surface area contributed by atoms with Crippen molar-refractivity contribution >= 4 is 16.9 Å². The number of benzene rings is 1. The van der Waals surface area contributed by atoms with Crippen molar-refractivity contribution < 1.29 is 13.9 Å². The van der Waals surface area contributed by atoms with Gasteiger partial charge in [0, 0.05) is 29.9 Å². The van der Waals surface area contributed by atoms with Gasteiger partial charge in [-0.15, -0.1) is 0 Å². The van der Waals surface area contributed by atoms with Gasteiger partial charge in [0.1, 0.15) is 17.2 Å². The van der Waals surface area contributed by atoms with Gasteiger partial charge in [-0.3, -0.25) is 4.79 Å². The number of aromatic nitrogens is 2. The van der Waals surface area contributed by atoms with Crippen LogP contribution in [0.3, 0.4) is 0 Å². The standard InChI is InChI=1S/C15H12FN3O2/c1-21-11-7-9(16)6-10(8-11)19-5-3-13-12(14(17)20)2-4-18-15(13)19/h2-8H,1H3,(H2,17,20). The second kappa shape index (κ2) is 4.90. The Hall–Kier alpha value is -2.89. The summed E-state index contributed by atoms with van der Waals surface area (Å²) in [6.07, 6.45) is 3.20. The van der Waals surface area contributed by atoms with E-state index >= 15 is 0 Å². The number of amides is 1. The second-order valence-corrected chi connectivity index (χ2v) is 4.50. The van der Waals surface area contributed by atoms with E-state index in [0.717, 1.165) is 0 Å². The molecule has 0 unspecified atom stereocenters. The first kappa shape index (κ1) is 13.1. The fourth-order valence-corrected chi connectivity index (χ4v) is 2.27. The van der Waals surface area contributed by atoms with Crippen LogP contribution in [-0.2, 0) is 0 Å². The largest absolute Gasteiger partial charge is 0.497 e. The highest BCUT2D eigenvalue weighted by atomic mass is 19.1. The Labute approximate surface area is 119 Å². The molecule has 0 atom stereocenters. The Balaban J connectivity index is 2.24. The highest BCUT2D eigenvalue weighted by Gasteiger charge is 2.12. The zero-order valence-corrected chi connectivity index (χ0v) is 11.2. The average Bonchev–Trinajstić information content (AvgIpc) is 2.90. The van der Waals surface area contributed by atoms with E-state index < -0.39 is 11.7 Å². The van der Waals surface area contributed by atoms with Crippen LogP contribution >= 0.6 is 0 Å². The van der Waals surface area contributed by atoms with Gasteiger partial charge in [0.2, 0.25) is 5.91 Å². The Kier molecular flexibility index (Phi) is 3.06. The van der Waals surface area contributed by atoms with E-state index in [-0.39, 0.29) is 0 Å². The van der Waals surface area contributed by atoms with Crippen molar-refractivity contribution in [3.8, 4) is 11.4 Å². The summed E-state index contributed by atoms with van der Waals surface area (Å²) >= 11 is 0. The molecule has 0 fully saturated rings. The molecular formula is C15H12FN3O2. The maximum atomic E-state index is 13.6. The highest BCUT2D eigenvalue weighted by molar-refractivity contribution is 6.05. The fraction of sp³-hybridized carbons (Fsp3) is 0.0667. The van der Waals surface area contributed by atoms with E-state index in [4.69, 9.17) is 10.5 Å². The minimum atomic E-state index is -0.531. The number of rotatable bonds is 3. The van der Waals surface area contributed by atoms with E-state index in [9.17, 15) is 9.18 Å². The summed E-state index contributed by atoms with van der Waals surface area (Å²) in [5.74, 6) is -0.549. The topological polar surface area (TPSA) is 70.1 Å². The molecular weight excluding hydrogens is 273 g/mol. The van der Waals surface area contributed by atoms with Gasteiger partial charge in [0.15, 0.2) is 0 Å². The zero-order chi connectivity index (χ0) is 15.0. The number of nitrogens with two attached hydrogens (primary N) is 1. The first-order valence-electron chi connectivity index (χ1n) is 6.21. The lowest BCUT2D eigenvalue weighted by molar-refractivity contribution is 0.100. The Bertz CT molecular complexity index is 842. The van der Waals surface area contributed by atoms with E-state index in [1.807, 2.05) is 0 Å². The summed E-state index contributed by atoms with van der Waals surface area (Å²) in [5, 5.41) is 0.619. The molecule has 6 heteroatoms. The highest BCUT2D eigenvalue weighted by Crippen LogP contribution is 2.25. The number of nitrogens with zero attached hydrogens (tertiary/aromatic N) is 2. The first-order chi connectivity index (χ1) is 10.1. The number of hydrogen-bond donors (Lipinski definition) is 1.